The van der Waals surface area contributed by atoms with E-state index in [4.69, 9.17) is 16.7 Å². The van der Waals surface area contributed by atoms with Crippen molar-refractivity contribution in [3.8, 4) is 5.75 Å². The van der Waals surface area contributed by atoms with Crippen LogP contribution in [0.5, 0.6) is 5.75 Å². The van der Waals surface area contributed by atoms with Gasteiger partial charge in [-0.3, -0.25) is 0 Å². The van der Waals surface area contributed by atoms with Crippen molar-refractivity contribution in [1.82, 2.24) is 0 Å². The highest BCUT2D eigenvalue weighted by atomic mass is 35.5. The summed E-state index contributed by atoms with van der Waals surface area (Å²) in [7, 11) is 0. The van der Waals surface area contributed by atoms with Crippen LogP contribution in [0.4, 0.5) is 0 Å². The number of hydrogen-bond donors (Lipinski definition) is 3. The van der Waals surface area contributed by atoms with Crippen LogP contribution >= 0.6 is 11.6 Å². The smallest absolute Gasteiger partial charge is 0.130 e. The third-order valence-corrected chi connectivity index (χ3v) is 2.88. The van der Waals surface area contributed by atoms with Crippen LogP contribution in [0.15, 0.2) is 24.3 Å². The standard InChI is InChI=1S/C12H18ClNO2.ClH/c1-9(14-8-2-7-13)12(16)10-3-5-11(15)6-4-10;/h3-6,9,12,14-16H,2,7-8H2,1H3;1H. The Kier molecular flexibility index (Phi) is 8.35. The van der Waals surface area contributed by atoms with Crippen molar-refractivity contribution < 1.29 is 27.9 Å². The largest absolute Gasteiger partial charge is 1.00 e. The van der Waals surface area contributed by atoms with Crippen molar-refractivity contribution in [3.63, 3.8) is 0 Å². The minimum absolute atomic E-state index is 0. The molecule has 3 nitrogen and oxygen atoms in total. The average Bonchev–Trinajstić information content (AvgIpc) is 2.29. The number of quaternary nitrogens is 1. The van der Waals surface area contributed by atoms with Gasteiger partial charge in [-0.05, 0) is 24.6 Å². The van der Waals surface area contributed by atoms with Gasteiger partial charge in [0.15, 0.2) is 0 Å². The van der Waals surface area contributed by atoms with E-state index in [0.717, 1.165) is 18.5 Å². The number of alkyl halides is 1. The molecule has 1 aromatic rings. The first-order chi connectivity index (χ1) is 7.65. The molecule has 0 radical (unpaired) electrons. The molecule has 17 heavy (non-hydrogen) atoms. The zero-order chi connectivity index (χ0) is 12.0. The molecule has 0 saturated carbocycles. The van der Waals surface area contributed by atoms with Gasteiger partial charge in [-0.2, -0.15) is 0 Å². The number of phenolic OH excluding ortho intramolecular Hbond substituents is 1. The van der Waals surface area contributed by atoms with Crippen molar-refractivity contribution in [1.29, 1.82) is 0 Å². The monoisotopic (exact) mass is 279 g/mol. The number of halogens is 2. The summed E-state index contributed by atoms with van der Waals surface area (Å²) in [6.45, 7) is 2.89. The number of rotatable bonds is 6. The fraction of sp³-hybridized carbons (Fsp3) is 0.500. The predicted molar refractivity (Wildman–Crippen MR) is 64.7 cm³/mol. The molecule has 0 spiro atoms. The summed E-state index contributed by atoms with van der Waals surface area (Å²) in [5, 5.41) is 21.3. The SMILES string of the molecule is CC([NH2+]CCCCl)C(O)c1ccc(O)cc1.[Cl-]. The van der Waals surface area contributed by atoms with E-state index in [0.29, 0.717) is 5.88 Å². The van der Waals surface area contributed by atoms with E-state index in [1.807, 2.05) is 6.92 Å². The molecule has 0 saturated heterocycles. The molecule has 0 fully saturated rings. The summed E-state index contributed by atoms with van der Waals surface area (Å²) >= 11 is 5.59. The third-order valence-electron chi connectivity index (χ3n) is 2.61. The van der Waals surface area contributed by atoms with E-state index < -0.39 is 6.10 Å². The fourth-order valence-electron chi connectivity index (χ4n) is 1.56. The lowest BCUT2D eigenvalue weighted by Gasteiger charge is -2.17. The predicted octanol–water partition coefficient (Wildman–Crippen LogP) is -1.99. The van der Waals surface area contributed by atoms with Crippen LogP contribution in [0.25, 0.3) is 0 Å². The molecule has 5 heteroatoms. The fourth-order valence-corrected chi connectivity index (χ4v) is 1.72. The number of phenols is 1. The van der Waals surface area contributed by atoms with Crippen molar-refractivity contribution in [2.75, 3.05) is 12.4 Å². The van der Waals surface area contributed by atoms with E-state index in [9.17, 15) is 5.11 Å². The molecule has 4 N–H and O–H groups in total. The summed E-state index contributed by atoms with van der Waals surface area (Å²) < 4.78 is 0. The van der Waals surface area contributed by atoms with Gasteiger partial charge in [0.05, 0.1) is 6.54 Å². The van der Waals surface area contributed by atoms with Gasteiger partial charge in [-0.25, -0.2) is 0 Å². The highest BCUT2D eigenvalue weighted by Crippen LogP contribution is 2.17. The molecule has 98 valence electrons. The van der Waals surface area contributed by atoms with Gasteiger partial charge in [-0.1, -0.05) is 12.1 Å². The molecule has 0 aliphatic heterocycles. The van der Waals surface area contributed by atoms with Crippen molar-refractivity contribution in [2.45, 2.75) is 25.5 Å². The van der Waals surface area contributed by atoms with Crippen LogP contribution in [0.3, 0.4) is 0 Å². The van der Waals surface area contributed by atoms with Crippen molar-refractivity contribution in [3.05, 3.63) is 29.8 Å². The lowest BCUT2D eigenvalue weighted by atomic mass is 10.0. The molecule has 0 aliphatic rings. The zero-order valence-electron chi connectivity index (χ0n) is 9.81. The topological polar surface area (TPSA) is 57.1 Å². The molecule has 1 rings (SSSR count). The molecule has 0 bridgehead atoms. The van der Waals surface area contributed by atoms with E-state index in [1.54, 1.807) is 24.3 Å². The van der Waals surface area contributed by atoms with E-state index >= 15 is 0 Å². The van der Waals surface area contributed by atoms with E-state index in [1.165, 1.54) is 0 Å². The molecule has 2 unspecified atom stereocenters. The molecule has 0 heterocycles. The quantitative estimate of drug-likeness (QED) is 0.417. The van der Waals surface area contributed by atoms with E-state index in [-0.39, 0.29) is 24.2 Å². The highest BCUT2D eigenvalue weighted by molar-refractivity contribution is 6.17. The zero-order valence-corrected chi connectivity index (χ0v) is 11.3. The number of aromatic hydroxyl groups is 1. The van der Waals surface area contributed by atoms with Gasteiger partial charge in [0, 0.05) is 12.3 Å². The first kappa shape index (κ1) is 16.5. The van der Waals surface area contributed by atoms with Gasteiger partial charge in [0.1, 0.15) is 17.9 Å². The Morgan fingerprint density at radius 1 is 1.29 bits per heavy atom. The summed E-state index contributed by atoms with van der Waals surface area (Å²) in [5.41, 5.74) is 0.826. The van der Waals surface area contributed by atoms with Gasteiger partial charge in [0.25, 0.3) is 0 Å². The Morgan fingerprint density at radius 3 is 2.41 bits per heavy atom. The first-order valence-electron chi connectivity index (χ1n) is 5.51. The van der Waals surface area contributed by atoms with Crippen LogP contribution in [0, 0.1) is 0 Å². The maximum Gasteiger partial charge on any atom is 0.130 e. The number of benzene rings is 1. The second-order valence-electron chi connectivity index (χ2n) is 3.96. The molecule has 1 aromatic carbocycles. The second kappa shape index (κ2) is 8.59. The number of nitrogens with two attached hydrogens (primary N) is 1. The number of aliphatic hydroxyl groups excluding tert-OH is 1. The van der Waals surface area contributed by atoms with Crippen LogP contribution in [0.2, 0.25) is 0 Å². The van der Waals surface area contributed by atoms with Crippen LogP contribution in [-0.2, 0) is 0 Å². The molecule has 0 amide bonds. The summed E-state index contributed by atoms with van der Waals surface area (Å²) in [4.78, 5) is 0. The Labute approximate surface area is 113 Å². The molecular formula is C12H19Cl2NO2. The summed E-state index contributed by atoms with van der Waals surface area (Å²) in [5.74, 6) is 0.869. The molecule has 0 aromatic heterocycles. The van der Waals surface area contributed by atoms with Crippen LogP contribution in [-0.4, -0.2) is 28.7 Å². The lowest BCUT2D eigenvalue weighted by molar-refractivity contribution is -0.694. The van der Waals surface area contributed by atoms with Crippen LogP contribution in [0.1, 0.15) is 25.0 Å². The average molecular weight is 280 g/mol. The maximum atomic E-state index is 10.0. The van der Waals surface area contributed by atoms with Gasteiger partial charge >= 0.3 is 0 Å². The Hall–Kier alpha value is -0.480. The van der Waals surface area contributed by atoms with Gasteiger partial charge in [0.2, 0.25) is 0 Å². The van der Waals surface area contributed by atoms with Crippen molar-refractivity contribution in [2.24, 2.45) is 0 Å². The van der Waals surface area contributed by atoms with Gasteiger partial charge in [-0.15, -0.1) is 11.6 Å². The van der Waals surface area contributed by atoms with Gasteiger partial charge < -0.3 is 27.9 Å². The number of hydrogen-bond acceptors (Lipinski definition) is 2. The summed E-state index contributed by atoms with van der Waals surface area (Å²) in [6.07, 6.45) is 0.421. The maximum absolute atomic E-state index is 10.0. The second-order valence-corrected chi connectivity index (χ2v) is 4.34. The highest BCUT2D eigenvalue weighted by Gasteiger charge is 2.18. The minimum Gasteiger partial charge on any atom is -1.00 e. The molecule has 2 atom stereocenters. The molecular weight excluding hydrogens is 261 g/mol. The minimum atomic E-state index is -0.518. The first-order valence-corrected chi connectivity index (χ1v) is 6.05. The summed E-state index contributed by atoms with van der Waals surface area (Å²) in [6, 6.07) is 6.75. The lowest BCUT2D eigenvalue weighted by Crippen LogP contribution is -3.00. The molecule has 0 aliphatic carbocycles. The third kappa shape index (κ3) is 5.59. The Bertz CT molecular complexity index is 306. The Balaban J connectivity index is 0.00000256. The van der Waals surface area contributed by atoms with Crippen molar-refractivity contribution >= 4 is 11.6 Å². The normalized spacial score (nSPS) is 13.8. The van der Waals surface area contributed by atoms with Crippen LogP contribution < -0.4 is 17.7 Å². The van der Waals surface area contributed by atoms with E-state index in [2.05, 4.69) is 5.32 Å². The Morgan fingerprint density at radius 2 is 1.88 bits per heavy atom. The number of aliphatic hydroxyl groups is 1.